The molecule has 1 aliphatic rings. The van der Waals surface area contributed by atoms with E-state index >= 15 is 0 Å². The fourth-order valence-corrected chi connectivity index (χ4v) is 2.54. The Morgan fingerprint density at radius 3 is 2.38 bits per heavy atom. The van der Waals surface area contributed by atoms with Crippen molar-refractivity contribution in [3.63, 3.8) is 0 Å². The molecule has 0 aliphatic heterocycles. The molecule has 21 heavy (non-hydrogen) atoms. The minimum atomic E-state index is 0.482. The summed E-state index contributed by atoms with van der Waals surface area (Å²) in [6.07, 6.45) is 3.78. The first-order valence-corrected chi connectivity index (χ1v) is 8.20. The predicted molar refractivity (Wildman–Crippen MR) is 87.1 cm³/mol. The smallest absolute Gasteiger partial charge is 0.161 e. The molecule has 118 valence electrons. The van der Waals surface area contributed by atoms with Gasteiger partial charge in [-0.2, -0.15) is 0 Å². The van der Waals surface area contributed by atoms with Crippen molar-refractivity contribution in [3.8, 4) is 11.5 Å². The van der Waals surface area contributed by atoms with E-state index in [0.717, 1.165) is 43.5 Å². The SMILES string of the molecule is CCOc1ccccc1OCCC1(CNCC(C)C)CC1. The standard InChI is InChI=1S/C18H29NO2/c1-4-20-16-7-5-6-8-17(16)21-12-11-18(9-10-18)14-19-13-15(2)3/h5-8,15,19H,4,9-14H2,1-3H3. The highest BCUT2D eigenvalue weighted by atomic mass is 16.5. The van der Waals surface area contributed by atoms with Crippen LogP contribution in [0.1, 0.15) is 40.0 Å². The fraction of sp³-hybridized carbons (Fsp3) is 0.667. The summed E-state index contributed by atoms with van der Waals surface area (Å²) in [5.41, 5.74) is 0.482. The lowest BCUT2D eigenvalue weighted by atomic mass is 10.0. The van der Waals surface area contributed by atoms with Crippen LogP contribution in [-0.2, 0) is 0 Å². The van der Waals surface area contributed by atoms with Crippen LogP contribution in [0.2, 0.25) is 0 Å². The highest BCUT2D eigenvalue weighted by Gasteiger charge is 2.41. The Morgan fingerprint density at radius 1 is 1.14 bits per heavy atom. The molecule has 0 saturated heterocycles. The van der Waals surface area contributed by atoms with Gasteiger partial charge >= 0.3 is 0 Å². The van der Waals surface area contributed by atoms with Crippen LogP contribution in [0.25, 0.3) is 0 Å². The molecular weight excluding hydrogens is 262 g/mol. The first-order valence-electron chi connectivity index (χ1n) is 8.20. The Hall–Kier alpha value is -1.22. The van der Waals surface area contributed by atoms with E-state index in [1.165, 1.54) is 12.8 Å². The zero-order valence-corrected chi connectivity index (χ0v) is 13.7. The molecule has 0 radical (unpaired) electrons. The van der Waals surface area contributed by atoms with Crippen LogP contribution in [0.5, 0.6) is 11.5 Å². The average molecular weight is 291 g/mol. The maximum Gasteiger partial charge on any atom is 0.161 e. The predicted octanol–water partition coefficient (Wildman–Crippen LogP) is 3.88. The van der Waals surface area contributed by atoms with Gasteiger partial charge in [-0.05, 0) is 56.2 Å². The topological polar surface area (TPSA) is 30.5 Å². The van der Waals surface area contributed by atoms with E-state index in [4.69, 9.17) is 9.47 Å². The Balaban J connectivity index is 1.74. The van der Waals surface area contributed by atoms with Crippen LogP contribution >= 0.6 is 0 Å². The van der Waals surface area contributed by atoms with Gasteiger partial charge in [-0.15, -0.1) is 0 Å². The van der Waals surface area contributed by atoms with E-state index < -0.39 is 0 Å². The van der Waals surface area contributed by atoms with Crippen molar-refractivity contribution in [3.05, 3.63) is 24.3 Å². The van der Waals surface area contributed by atoms with Crippen molar-refractivity contribution >= 4 is 0 Å². The molecule has 0 spiro atoms. The summed E-state index contributed by atoms with van der Waals surface area (Å²) in [5.74, 6) is 2.43. The lowest BCUT2D eigenvalue weighted by Gasteiger charge is -2.18. The summed E-state index contributed by atoms with van der Waals surface area (Å²) < 4.78 is 11.5. The Morgan fingerprint density at radius 2 is 1.81 bits per heavy atom. The zero-order valence-electron chi connectivity index (χ0n) is 13.7. The van der Waals surface area contributed by atoms with Gasteiger partial charge in [0, 0.05) is 6.54 Å². The van der Waals surface area contributed by atoms with Gasteiger partial charge in [-0.1, -0.05) is 26.0 Å². The van der Waals surface area contributed by atoms with Crippen LogP contribution in [-0.4, -0.2) is 26.3 Å². The third-order valence-corrected chi connectivity index (χ3v) is 4.05. The number of rotatable bonds is 10. The first kappa shape index (κ1) is 16.2. The highest BCUT2D eigenvalue weighted by molar-refractivity contribution is 5.39. The quantitative estimate of drug-likeness (QED) is 0.709. The summed E-state index contributed by atoms with van der Waals surface area (Å²) in [6.45, 7) is 10.2. The molecule has 0 bridgehead atoms. The van der Waals surface area contributed by atoms with Gasteiger partial charge in [-0.25, -0.2) is 0 Å². The van der Waals surface area contributed by atoms with Gasteiger partial charge in [0.15, 0.2) is 11.5 Å². The molecule has 0 atom stereocenters. The van der Waals surface area contributed by atoms with E-state index in [-0.39, 0.29) is 0 Å². The molecule has 1 N–H and O–H groups in total. The number of ether oxygens (including phenoxy) is 2. The summed E-state index contributed by atoms with van der Waals surface area (Å²) in [6, 6.07) is 7.93. The van der Waals surface area contributed by atoms with Crippen LogP contribution in [0.15, 0.2) is 24.3 Å². The van der Waals surface area contributed by atoms with Crippen molar-refractivity contribution in [2.75, 3.05) is 26.3 Å². The molecule has 1 aliphatic carbocycles. The summed E-state index contributed by atoms with van der Waals surface area (Å²) >= 11 is 0. The maximum absolute atomic E-state index is 5.94. The minimum Gasteiger partial charge on any atom is -0.490 e. The van der Waals surface area contributed by atoms with Gasteiger partial charge in [0.1, 0.15) is 0 Å². The first-order chi connectivity index (χ1) is 10.2. The van der Waals surface area contributed by atoms with Crippen molar-refractivity contribution in [1.29, 1.82) is 0 Å². The molecule has 1 fully saturated rings. The Bertz CT molecular complexity index is 427. The van der Waals surface area contributed by atoms with Gasteiger partial charge in [0.25, 0.3) is 0 Å². The number of hydrogen-bond acceptors (Lipinski definition) is 3. The number of benzene rings is 1. The minimum absolute atomic E-state index is 0.482. The van der Waals surface area contributed by atoms with E-state index in [1.807, 2.05) is 31.2 Å². The second-order valence-electron chi connectivity index (χ2n) is 6.50. The van der Waals surface area contributed by atoms with E-state index in [0.29, 0.717) is 12.0 Å². The van der Waals surface area contributed by atoms with Gasteiger partial charge in [0.2, 0.25) is 0 Å². The number of nitrogens with one attached hydrogen (secondary N) is 1. The highest BCUT2D eigenvalue weighted by Crippen LogP contribution is 2.48. The van der Waals surface area contributed by atoms with Gasteiger partial charge < -0.3 is 14.8 Å². The maximum atomic E-state index is 5.94. The monoisotopic (exact) mass is 291 g/mol. The Labute approximate surface area is 129 Å². The van der Waals surface area contributed by atoms with Crippen molar-refractivity contribution in [1.82, 2.24) is 5.32 Å². The molecule has 1 saturated carbocycles. The average Bonchev–Trinajstić information content (AvgIpc) is 3.21. The van der Waals surface area contributed by atoms with Gasteiger partial charge in [0.05, 0.1) is 13.2 Å². The molecule has 0 aromatic heterocycles. The molecule has 3 nitrogen and oxygen atoms in total. The molecule has 2 rings (SSSR count). The van der Waals surface area contributed by atoms with Crippen LogP contribution < -0.4 is 14.8 Å². The van der Waals surface area contributed by atoms with Crippen LogP contribution in [0, 0.1) is 11.3 Å². The molecular formula is C18H29NO2. The molecule has 0 unspecified atom stereocenters. The number of hydrogen-bond donors (Lipinski definition) is 1. The van der Waals surface area contributed by atoms with Crippen LogP contribution in [0.3, 0.4) is 0 Å². The summed E-state index contributed by atoms with van der Waals surface area (Å²) in [5, 5.41) is 3.59. The lowest BCUT2D eigenvalue weighted by Crippen LogP contribution is -2.28. The van der Waals surface area contributed by atoms with Crippen molar-refractivity contribution in [2.24, 2.45) is 11.3 Å². The lowest BCUT2D eigenvalue weighted by molar-refractivity contribution is 0.245. The molecule has 3 heteroatoms. The second kappa shape index (κ2) is 7.69. The largest absolute Gasteiger partial charge is 0.490 e. The molecule has 1 aromatic carbocycles. The Kier molecular flexibility index (Phi) is 5.92. The zero-order chi connectivity index (χ0) is 15.1. The van der Waals surface area contributed by atoms with Crippen LogP contribution in [0.4, 0.5) is 0 Å². The third-order valence-electron chi connectivity index (χ3n) is 4.05. The van der Waals surface area contributed by atoms with E-state index in [1.54, 1.807) is 0 Å². The summed E-state index contributed by atoms with van der Waals surface area (Å²) in [7, 11) is 0. The van der Waals surface area contributed by atoms with Crippen molar-refractivity contribution < 1.29 is 9.47 Å². The normalized spacial score (nSPS) is 16.0. The summed E-state index contributed by atoms with van der Waals surface area (Å²) in [4.78, 5) is 0. The van der Waals surface area contributed by atoms with E-state index in [2.05, 4.69) is 19.2 Å². The fourth-order valence-electron chi connectivity index (χ4n) is 2.54. The van der Waals surface area contributed by atoms with Crippen molar-refractivity contribution in [2.45, 2.75) is 40.0 Å². The van der Waals surface area contributed by atoms with E-state index in [9.17, 15) is 0 Å². The second-order valence-corrected chi connectivity index (χ2v) is 6.50. The molecule has 0 amide bonds. The molecule has 1 aromatic rings. The number of para-hydroxylation sites is 2. The third kappa shape index (κ3) is 5.24. The molecule has 0 heterocycles. The van der Waals surface area contributed by atoms with Gasteiger partial charge in [-0.3, -0.25) is 0 Å².